The van der Waals surface area contributed by atoms with E-state index >= 15 is 0 Å². The van der Waals surface area contributed by atoms with Crippen LogP contribution in [0, 0.1) is 5.92 Å². The summed E-state index contributed by atoms with van der Waals surface area (Å²) in [5, 5.41) is 13.5. The number of aliphatic hydroxyl groups is 1. The van der Waals surface area contributed by atoms with Crippen LogP contribution in [-0.2, 0) is 6.42 Å². The lowest BCUT2D eigenvalue weighted by atomic mass is 9.84. The molecule has 1 aliphatic carbocycles. The number of hydrogen-bond acceptors (Lipinski definition) is 4. The van der Waals surface area contributed by atoms with Crippen LogP contribution in [-0.4, -0.2) is 57.7 Å². The number of aromatic nitrogens is 2. The van der Waals surface area contributed by atoms with E-state index in [9.17, 15) is 9.90 Å². The molecular weight excluding hydrogens is 424 g/mol. The minimum atomic E-state index is -0.00334. The van der Waals surface area contributed by atoms with Crippen LogP contribution < -0.4 is 5.32 Å². The molecule has 5 rings (SSSR count). The van der Waals surface area contributed by atoms with E-state index in [0.717, 1.165) is 56.5 Å². The first-order valence-electron chi connectivity index (χ1n) is 12.5. The van der Waals surface area contributed by atoms with E-state index in [1.165, 1.54) is 5.56 Å². The lowest BCUT2D eigenvalue weighted by Crippen LogP contribution is -2.54. The van der Waals surface area contributed by atoms with E-state index in [4.69, 9.17) is 4.98 Å². The van der Waals surface area contributed by atoms with Crippen LogP contribution in [0.2, 0.25) is 0 Å². The molecule has 6 nitrogen and oxygen atoms in total. The van der Waals surface area contributed by atoms with Crippen molar-refractivity contribution in [3.8, 4) is 11.3 Å². The third-order valence-corrected chi connectivity index (χ3v) is 7.43. The first-order chi connectivity index (χ1) is 16.8. The molecule has 2 fully saturated rings. The molecule has 3 aromatic rings. The van der Waals surface area contributed by atoms with Gasteiger partial charge in [0.1, 0.15) is 0 Å². The van der Waals surface area contributed by atoms with Gasteiger partial charge in [-0.25, -0.2) is 4.98 Å². The summed E-state index contributed by atoms with van der Waals surface area (Å²) in [6, 6.07) is 20.7. The fourth-order valence-corrected chi connectivity index (χ4v) is 5.65. The molecule has 1 saturated heterocycles. The predicted octanol–water partition coefficient (Wildman–Crippen LogP) is 3.93. The molecular formula is C28H34N4O2. The lowest BCUT2D eigenvalue weighted by molar-refractivity contribution is 0.0631. The summed E-state index contributed by atoms with van der Waals surface area (Å²) < 4.78 is 2.18. The maximum Gasteiger partial charge on any atom is 0.275 e. The topological polar surface area (TPSA) is 70.4 Å². The number of benzene rings is 2. The average Bonchev–Trinajstić information content (AvgIpc) is 3.35. The van der Waals surface area contributed by atoms with E-state index in [-0.39, 0.29) is 30.5 Å². The van der Waals surface area contributed by atoms with Crippen molar-refractivity contribution in [2.45, 2.75) is 44.2 Å². The van der Waals surface area contributed by atoms with Gasteiger partial charge in [0.25, 0.3) is 5.91 Å². The predicted molar refractivity (Wildman–Crippen MR) is 134 cm³/mol. The van der Waals surface area contributed by atoms with Gasteiger partial charge in [-0.3, -0.25) is 4.79 Å². The van der Waals surface area contributed by atoms with Crippen molar-refractivity contribution in [1.82, 2.24) is 19.8 Å². The number of rotatable bonds is 6. The van der Waals surface area contributed by atoms with Crippen molar-refractivity contribution in [3.63, 3.8) is 0 Å². The molecule has 0 unspecified atom stereocenters. The first-order valence-corrected chi connectivity index (χ1v) is 12.5. The van der Waals surface area contributed by atoms with Crippen LogP contribution in [0.4, 0.5) is 0 Å². The Labute approximate surface area is 201 Å². The van der Waals surface area contributed by atoms with Gasteiger partial charge in [0, 0.05) is 49.8 Å². The van der Waals surface area contributed by atoms with Crippen molar-refractivity contribution in [1.29, 1.82) is 0 Å². The molecule has 2 heterocycles. The van der Waals surface area contributed by atoms with Gasteiger partial charge < -0.3 is 19.9 Å². The molecule has 3 atom stereocenters. The number of aliphatic hydroxyl groups excluding tert-OH is 1. The first kappa shape index (κ1) is 22.8. The second-order valence-electron chi connectivity index (χ2n) is 9.56. The van der Waals surface area contributed by atoms with Crippen molar-refractivity contribution in [2.75, 3.05) is 26.2 Å². The summed E-state index contributed by atoms with van der Waals surface area (Å²) in [6.07, 6.45) is 6.94. The maximum atomic E-state index is 14.0. The Kier molecular flexibility index (Phi) is 7.07. The number of nitrogens with one attached hydrogen (secondary N) is 1. The molecule has 2 aliphatic rings. The van der Waals surface area contributed by atoms with Gasteiger partial charge in [0.15, 0.2) is 5.69 Å². The van der Waals surface area contributed by atoms with Crippen molar-refractivity contribution in [2.24, 2.45) is 5.92 Å². The summed E-state index contributed by atoms with van der Waals surface area (Å²) in [5.41, 5.74) is 3.64. The SMILES string of the molecule is O=C(c1ncn([C@H]2CCCC[C@H]2CO)c1-c1ccccc1)N1CCNC[C@H]1Cc1ccccc1. The van der Waals surface area contributed by atoms with Crippen LogP contribution in [0.3, 0.4) is 0 Å². The Hall–Kier alpha value is -2.96. The van der Waals surface area contributed by atoms with Gasteiger partial charge in [-0.15, -0.1) is 0 Å². The van der Waals surface area contributed by atoms with Crippen LogP contribution in [0.1, 0.15) is 47.8 Å². The quantitative estimate of drug-likeness (QED) is 0.587. The van der Waals surface area contributed by atoms with Crippen molar-refractivity contribution in [3.05, 3.63) is 78.2 Å². The Morgan fingerprint density at radius 3 is 2.53 bits per heavy atom. The smallest absolute Gasteiger partial charge is 0.275 e. The van der Waals surface area contributed by atoms with Gasteiger partial charge in [-0.1, -0.05) is 73.5 Å². The highest BCUT2D eigenvalue weighted by Gasteiger charge is 2.34. The zero-order valence-electron chi connectivity index (χ0n) is 19.6. The van der Waals surface area contributed by atoms with Crippen LogP contribution in [0.25, 0.3) is 11.3 Å². The molecule has 1 saturated carbocycles. The van der Waals surface area contributed by atoms with Gasteiger partial charge in [-0.2, -0.15) is 0 Å². The third-order valence-electron chi connectivity index (χ3n) is 7.43. The molecule has 34 heavy (non-hydrogen) atoms. The monoisotopic (exact) mass is 458 g/mol. The number of piperazine rings is 1. The summed E-state index contributed by atoms with van der Waals surface area (Å²) in [7, 11) is 0. The van der Waals surface area contributed by atoms with Gasteiger partial charge in [0.2, 0.25) is 0 Å². The highest BCUT2D eigenvalue weighted by molar-refractivity contribution is 5.98. The van der Waals surface area contributed by atoms with E-state index in [2.05, 4.69) is 46.3 Å². The Bertz CT molecular complexity index is 1080. The summed E-state index contributed by atoms with van der Waals surface area (Å²) in [4.78, 5) is 20.7. The molecule has 1 amide bonds. The van der Waals surface area contributed by atoms with Crippen LogP contribution in [0.15, 0.2) is 67.0 Å². The molecule has 1 aliphatic heterocycles. The summed E-state index contributed by atoms with van der Waals surface area (Å²) in [5.74, 6) is 0.190. The molecule has 2 N–H and O–H groups in total. The molecule has 0 spiro atoms. The fourth-order valence-electron chi connectivity index (χ4n) is 5.65. The Morgan fingerprint density at radius 1 is 1.03 bits per heavy atom. The molecule has 6 heteroatoms. The van der Waals surface area contributed by atoms with Gasteiger partial charge in [0.05, 0.1) is 12.0 Å². The summed E-state index contributed by atoms with van der Waals surface area (Å²) in [6.45, 7) is 2.39. The number of carbonyl (C=O) groups is 1. The zero-order valence-corrected chi connectivity index (χ0v) is 19.6. The molecule has 1 aromatic heterocycles. The van der Waals surface area contributed by atoms with E-state index in [1.807, 2.05) is 35.5 Å². The highest BCUT2D eigenvalue weighted by atomic mass is 16.3. The van der Waals surface area contributed by atoms with Gasteiger partial charge >= 0.3 is 0 Å². The minimum Gasteiger partial charge on any atom is -0.396 e. The highest BCUT2D eigenvalue weighted by Crippen LogP contribution is 2.38. The normalized spacial score (nSPS) is 23.1. The van der Waals surface area contributed by atoms with Crippen molar-refractivity contribution >= 4 is 5.91 Å². The molecule has 0 bridgehead atoms. The van der Waals surface area contributed by atoms with E-state index < -0.39 is 0 Å². The molecule has 0 radical (unpaired) electrons. The Morgan fingerprint density at radius 2 is 1.76 bits per heavy atom. The number of nitrogens with zero attached hydrogens (tertiary/aromatic N) is 3. The molecule has 2 aromatic carbocycles. The zero-order chi connectivity index (χ0) is 23.3. The molecule has 178 valence electrons. The third kappa shape index (κ3) is 4.65. The van der Waals surface area contributed by atoms with Crippen LogP contribution >= 0.6 is 0 Å². The minimum absolute atomic E-state index is 0.00334. The van der Waals surface area contributed by atoms with Crippen LogP contribution in [0.5, 0.6) is 0 Å². The second kappa shape index (κ2) is 10.5. The van der Waals surface area contributed by atoms with Crippen molar-refractivity contribution < 1.29 is 9.90 Å². The second-order valence-corrected chi connectivity index (χ2v) is 9.56. The maximum absolute atomic E-state index is 14.0. The largest absolute Gasteiger partial charge is 0.396 e. The standard InChI is InChI=1S/C28H34N4O2/c33-19-23-13-7-8-14-25(23)32-20-30-26(27(32)22-11-5-2-6-12-22)28(34)31-16-15-29-18-24(31)17-21-9-3-1-4-10-21/h1-6,9-12,20,23-25,29,33H,7-8,13-19H2/t23-,24+,25-/m0/s1. The average molecular weight is 459 g/mol. The van der Waals surface area contributed by atoms with E-state index in [1.54, 1.807) is 0 Å². The number of carbonyl (C=O) groups excluding carboxylic acids is 1. The lowest BCUT2D eigenvalue weighted by Gasteiger charge is -2.36. The number of hydrogen-bond donors (Lipinski definition) is 2. The Balaban J connectivity index is 1.51. The van der Waals surface area contributed by atoms with Gasteiger partial charge in [-0.05, 0) is 24.8 Å². The van der Waals surface area contributed by atoms with E-state index in [0.29, 0.717) is 12.2 Å². The fraction of sp³-hybridized carbons (Fsp3) is 0.429. The summed E-state index contributed by atoms with van der Waals surface area (Å²) >= 11 is 0. The number of amides is 1. The number of imidazole rings is 1.